The first-order valence-corrected chi connectivity index (χ1v) is 8.29. The Bertz CT molecular complexity index is 665. The Morgan fingerprint density at radius 3 is 2.48 bits per heavy atom. The molecule has 6 nitrogen and oxygen atoms in total. The lowest BCUT2D eigenvalue weighted by atomic mass is 10.1. The third kappa shape index (κ3) is 5.64. The number of ether oxygens (including phenoxy) is 2. The molecule has 0 radical (unpaired) electrons. The molecular formula is C19H24N2O4. The summed E-state index contributed by atoms with van der Waals surface area (Å²) in [6.45, 7) is 7.77. The maximum Gasteiger partial charge on any atom is 0.348 e. The van der Waals surface area contributed by atoms with E-state index in [9.17, 15) is 9.59 Å². The lowest BCUT2D eigenvalue weighted by Gasteiger charge is -2.31. The van der Waals surface area contributed by atoms with Gasteiger partial charge in [-0.2, -0.15) is 5.26 Å². The van der Waals surface area contributed by atoms with E-state index in [1.54, 1.807) is 24.8 Å². The Kier molecular flexibility index (Phi) is 8.21. The number of nitriles is 1. The predicted octanol–water partition coefficient (Wildman–Crippen LogP) is 3.00. The molecule has 0 fully saturated rings. The van der Waals surface area contributed by atoms with Crippen molar-refractivity contribution in [3.05, 3.63) is 47.3 Å². The number of hydrogen-bond acceptors (Lipinski definition) is 6. The second-order valence-corrected chi connectivity index (χ2v) is 5.29. The molecule has 1 aliphatic heterocycles. The number of allylic oxidation sites excluding steroid dienone is 5. The number of nitrogens with zero attached hydrogens (tertiary/aromatic N) is 2. The molecule has 0 saturated heterocycles. The van der Waals surface area contributed by atoms with Crippen LogP contribution in [0.1, 0.15) is 34.1 Å². The van der Waals surface area contributed by atoms with E-state index in [4.69, 9.17) is 14.7 Å². The fraction of sp³-hybridized carbons (Fsp3) is 0.421. The molecule has 25 heavy (non-hydrogen) atoms. The summed E-state index contributed by atoms with van der Waals surface area (Å²) in [5, 5.41) is 9.11. The molecule has 0 aromatic heterocycles. The van der Waals surface area contributed by atoms with Gasteiger partial charge in [0.05, 0.1) is 13.2 Å². The average Bonchev–Trinajstić information content (AvgIpc) is 2.58. The summed E-state index contributed by atoms with van der Waals surface area (Å²) < 4.78 is 9.99. The minimum absolute atomic E-state index is 0.0989. The summed E-state index contributed by atoms with van der Waals surface area (Å²) in [6.07, 6.45) is 9.15. The predicted molar refractivity (Wildman–Crippen MR) is 93.9 cm³/mol. The molecule has 0 aliphatic carbocycles. The van der Waals surface area contributed by atoms with Crippen molar-refractivity contribution >= 4 is 11.9 Å². The maximum atomic E-state index is 12.2. The Balaban J connectivity index is 3.17. The summed E-state index contributed by atoms with van der Waals surface area (Å²) in [4.78, 5) is 25.7. The minimum atomic E-state index is -0.669. The molecule has 134 valence electrons. The molecule has 1 rings (SSSR count). The van der Waals surface area contributed by atoms with Gasteiger partial charge in [0, 0.05) is 11.9 Å². The van der Waals surface area contributed by atoms with E-state index in [0.717, 1.165) is 5.57 Å². The first-order valence-electron chi connectivity index (χ1n) is 8.29. The second-order valence-electron chi connectivity index (χ2n) is 5.29. The van der Waals surface area contributed by atoms with Crippen LogP contribution in [0.15, 0.2) is 47.3 Å². The van der Waals surface area contributed by atoms with E-state index in [1.165, 1.54) is 6.08 Å². The van der Waals surface area contributed by atoms with Gasteiger partial charge in [-0.15, -0.1) is 0 Å². The van der Waals surface area contributed by atoms with E-state index < -0.39 is 12.0 Å². The fourth-order valence-corrected chi connectivity index (χ4v) is 2.30. The van der Waals surface area contributed by atoms with Crippen molar-refractivity contribution in [2.75, 3.05) is 13.2 Å². The van der Waals surface area contributed by atoms with Crippen molar-refractivity contribution in [2.45, 2.75) is 40.2 Å². The SMILES string of the molecule is CCOC(=O)/C(C#N)=C/C=C1\C=CC(C)=CN1C(CC)C(=O)OCC. The molecule has 0 spiro atoms. The maximum absolute atomic E-state index is 12.2. The molecule has 0 aromatic carbocycles. The zero-order valence-corrected chi connectivity index (χ0v) is 15.1. The van der Waals surface area contributed by atoms with Crippen LogP contribution in [0.3, 0.4) is 0 Å². The molecular weight excluding hydrogens is 320 g/mol. The highest BCUT2D eigenvalue weighted by atomic mass is 16.5. The number of carbonyl (C=O) groups is 2. The van der Waals surface area contributed by atoms with Crippen molar-refractivity contribution in [1.82, 2.24) is 4.90 Å². The Morgan fingerprint density at radius 1 is 1.24 bits per heavy atom. The molecule has 0 aromatic rings. The lowest BCUT2D eigenvalue weighted by Crippen LogP contribution is -2.38. The van der Waals surface area contributed by atoms with Crippen molar-refractivity contribution in [3.8, 4) is 6.07 Å². The lowest BCUT2D eigenvalue weighted by molar-refractivity contribution is -0.148. The van der Waals surface area contributed by atoms with Gasteiger partial charge in [-0.05, 0) is 51.0 Å². The summed E-state index contributed by atoms with van der Waals surface area (Å²) in [5.41, 5.74) is 1.57. The minimum Gasteiger partial charge on any atom is -0.464 e. The molecule has 0 saturated carbocycles. The standard InChI is InChI=1S/C19H24N2O4/c1-5-17(19(23)25-7-3)21-13-14(4)8-10-16(21)11-9-15(12-20)18(22)24-6-2/h8-11,13,17H,5-7H2,1-4H3/b15-9+,16-11+. The van der Waals surface area contributed by atoms with Gasteiger partial charge in [-0.3, -0.25) is 0 Å². The molecule has 0 N–H and O–H groups in total. The molecule has 6 heteroatoms. The highest BCUT2D eigenvalue weighted by molar-refractivity contribution is 5.93. The zero-order chi connectivity index (χ0) is 18.8. The van der Waals surface area contributed by atoms with Crippen LogP contribution < -0.4 is 0 Å². The first kappa shape index (κ1) is 20.2. The van der Waals surface area contributed by atoms with Gasteiger partial charge in [-0.25, -0.2) is 9.59 Å². The van der Waals surface area contributed by atoms with Crippen molar-refractivity contribution in [1.29, 1.82) is 5.26 Å². The van der Waals surface area contributed by atoms with Crippen LogP contribution in [0.2, 0.25) is 0 Å². The van der Waals surface area contributed by atoms with Gasteiger partial charge in [0.1, 0.15) is 17.7 Å². The third-order valence-electron chi connectivity index (χ3n) is 3.48. The first-order chi connectivity index (χ1) is 12.0. The van der Waals surface area contributed by atoms with Crippen LogP contribution in [0, 0.1) is 11.3 Å². The normalized spacial score (nSPS) is 16.9. The third-order valence-corrected chi connectivity index (χ3v) is 3.48. The highest BCUT2D eigenvalue weighted by Gasteiger charge is 2.26. The van der Waals surface area contributed by atoms with E-state index >= 15 is 0 Å². The van der Waals surface area contributed by atoms with Crippen molar-refractivity contribution in [2.24, 2.45) is 0 Å². The molecule has 1 aliphatic rings. The highest BCUT2D eigenvalue weighted by Crippen LogP contribution is 2.22. The number of esters is 2. The molecule has 1 heterocycles. The largest absolute Gasteiger partial charge is 0.464 e. The monoisotopic (exact) mass is 344 g/mol. The number of hydrogen-bond donors (Lipinski definition) is 0. The van der Waals surface area contributed by atoms with Gasteiger partial charge in [0.2, 0.25) is 0 Å². The smallest absolute Gasteiger partial charge is 0.348 e. The number of carbonyl (C=O) groups excluding carboxylic acids is 2. The Labute approximate surface area is 148 Å². The Hall–Kier alpha value is -2.81. The van der Waals surface area contributed by atoms with Crippen LogP contribution >= 0.6 is 0 Å². The van der Waals surface area contributed by atoms with Gasteiger partial charge in [0.25, 0.3) is 0 Å². The molecule has 0 amide bonds. The van der Waals surface area contributed by atoms with Gasteiger partial charge in [0.15, 0.2) is 0 Å². The zero-order valence-electron chi connectivity index (χ0n) is 15.1. The van der Waals surface area contributed by atoms with Gasteiger partial charge >= 0.3 is 11.9 Å². The molecule has 1 unspecified atom stereocenters. The fourth-order valence-electron chi connectivity index (χ4n) is 2.30. The van der Waals surface area contributed by atoms with Crippen molar-refractivity contribution in [3.63, 3.8) is 0 Å². The van der Waals surface area contributed by atoms with Gasteiger partial charge in [-0.1, -0.05) is 13.0 Å². The Morgan fingerprint density at radius 2 is 1.92 bits per heavy atom. The van der Waals surface area contributed by atoms with E-state index in [1.807, 2.05) is 38.3 Å². The summed E-state index contributed by atoms with van der Waals surface area (Å²) in [6, 6.07) is 1.35. The molecule has 0 bridgehead atoms. The van der Waals surface area contributed by atoms with Gasteiger partial charge < -0.3 is 14.4 Å². The van der Waals surface area contributed by atoms with E-state index in [2.05, 4.69) is 0 Å². The topological polar surface area (TPSA) is 79.6 Å². The quantitative estimate of drug-likeness (QED) is 0.401. The average molecular weight is 344 g/mol. The summed E-state index contributed by atoms with van der Waals surface area (Å²) in [7, 11) is 0. The summed E-state index contributed by atoms with van der Waals surface area (Å²) >= 11 is 0. The van der Waals surface area contributed by atoms with E-state index in [-0.39, 0.29) is 18.1 Å². The van der Waals surface area contributed by atoms with Crippen LogP contribution in [-0.4, -0.2) is 36.1 Å². The summed E-state index contributed by atoms with van der Waals surface area (Å²) in [5.74, 6) is -0.984. The van der Waals surface area contributed by atoms with Crippen molar-refractivity contribution < 1.29 is 19.1 Å². The number of rotatable bonds is 7. The molecule has 1 atom stereocenters. The van der Waals surface area contributed by atoms with Crippen LogP contribution in [0.25, 0.3) is 0 Å². The van der Waals surface area contributed by atoms with Crippen LogP contribution in [0.4, 0.5) is 0 Å². The van der Waals surface area contributed by atoms with Crippen LogP contribution in [-0.2, 0) is 19.1 Å². The van der Waals surface area contributed by atoms with Crippen LogP contribution in [0.5, 0.6) is 0 Å². The second kappa shape index (κ2) is 10.1. The van der Waals surface area contributed by atoms with E-state index in [0.29, 0.717) is 18.7 Å².